The van der Waals surface area contributed by atoms with Gasteiger partial charge in [-0.2, -0.15) is 0 Å². The molecule has 0 radical (unpaired) electrons. The first-order valence-corrected chi connectivity index (χ1v) is 13.2. The monoisotopic (exact) mass is 593 g/mol. The number of fused-ring (bicyclic) bond motifs is 1. The molecule has 4 aromatic rings. The number of anilines is 3. The van der Waals surface area contributed by atoms with Gasteiger partial charge in [-0.3, -0.25) is 9.59 Å². The van der Waals surface area contributed by atoms with Crippen molar-refractivity contribution in [2.24, 2.45) is 0 Å². The SMILES string of the molecule is C=CC(=O)NC(C)C(=O)Nc1cc2c(Nc3ccc(OCc4cccc(F)c4)c(Cl)c3)ncnc2cc1OCCOC. The van der Waals surface area contributed by atoms with Crippen molar-refractivity contribution in [1.82, 2.24) is 15.3 Å². The molecule has 0 fully saturated rings. The number of methoxy groups -OCH3 is 1. The van der Waals surface area contributed by atoms with E-state index in [9.17, 15) is 14.0 Å². The number of carbonyl (C=O) groups excluding carboxylic acids is 2. The van der Waals surface area contributed by atoms with Crippen LogP contribution in [0.4, 0.5) is 21.6 Å². The van der Waals surface area contributed by atoms with E-state index >= 15 is 0 Å². The van der Waals surface area contributed by atoms with Crippen molar-refractivity contribution in [2.75, 3.05) is 31.0 Å². The summed E-state index contributed by atoms with van der Waals surface area (Å²) in [4.78, 5) is 33.3. The molecule has 1 unspecified atom stereocenters. The number of nitrogens with one attached hydrogen (secondary N) is 3. The molecule has 0 bridgehead atoms. The third kappa shape index (κ3) is 7.93. The highest BCUT2D eigenvalue weighted by molar-refractivity contribution is 6.32. The minimum absolute atomic E-state index is 0.153. The number of amides is 2. The zero-order valence-corrected chi connectivity index (χ0v) is 23.7. The molecule has 4 rings (SSSR count). The van der Waals surface area contributed by atoms with E-state index in [0.717, 1.165) is 6.08 Å². The topological polar surface area (TPSA) is 124 Å². The number of aromatic nitrogens is 2. The Morgan fingerprint density at radius 2 is 1.90 bits per heavy atom. The minimum Gasteiger partial charge on any atom is -0.489 e. The van der Waals surface area contributed by atoms with E-state index in [4.69, 9.17) is 25.8 Å². The van der Waals surface area contributed by atoms with Crippen LogP contribution in [0.5, 0.6) is 11.5 Å². The number of benzene rings is 3. The molecule has 10 nitrogen and oxygen atoms in total. The van der Waals surface area contributed by atoms with Gasteiger partial charge in [0.05, 0.1) is 22.8 Å². The molecule has 0 aliphatic carbocycles. The Balaban J connectivity index is 1.58. The van der Waals surface area contributed by atoms with E-state index in [1.165, 1.54) is 18.5 Å². The van der Waals surface area contributed by atoms with E-state index in [0.29, 0.717) is 56.8 Å². The van der Waals surface area contributed by atoms with Crippen LogP contribution in [0.25, 0.3) is 10.9 Å². The Morgan fingerprint density at radius 1 is 1.07 bits per heavy atom. The smallest absolute Gasteiger partial charge is 0.246 e. The van der Waals surface area contributed by atoms with E-state index in [1.54, 1.807) is 56.5 Å². The van der Waals surface area contributed by atoms with Crippen LogP contribution >= 0.6 is 11.6 Å². The normalized spacial score (nSPS) is 11.4. The molecule has 0 saturated heterocycles. The van der Waals surface area contributed by atoms with E-state index in [-0.39, 0.29) is 19.0 Å². The molecule has 42 heavy (non-hydrogen) atoms. The van der Waals surface area contributed by atoms with Gasteiger partial charge in [-0.15, -0.1) is 0 Å². The van der Waals surface area contributed by atoms with Gasteiger partial charge in [-0.1, -0.05) is 30.3 Å². The molecule has 0 spiro atoms. The molecule has 1 atom stereocenters. The average molecular weight is 594 g/mol. The number of rotatable bonds is 13. The Labute approximate surface area is 246 Å². The van der Waals surface area contributed by atoms with E-state index < -0.39 is 17.9 Å². The molecule has 2 amide bonds. The maximum Gasteiger partial charge on any atom is 0.246 e. The number of nitrogens with zero attached hydrogens (tertiary/aromatic N) is 2. The molecule has 0 aliphatic heterocycles. The second kappa shape index (κ2) is 14.2. The van der Waals surface area contributed by atoms with Crippen LogP contribution in [-0.4, -0.2) is 48.1 Å². The summed E-state index contributed by atoms with van der Waals surface area (Å²) in [7, 11) is 1.55. The molecular weight excluding hydrogens is 565 g/mol. The predicted molar refractivity (Wildman–Crippen MR) is 159 cm³/mol. The summed E-state index contributed by atoms with van der Waals surface area (Å²) in [5.41, 5.74) is 2.18. The van der Waals surface area contributed by atoms with E-state index in [2.05, 4.69) is 32.5 Å². The first kappa shape index (κ1) is 30.2. The average Bonchev–Trinajstić information content (AvgIpc) is 2.97. The van der Waals surface area contributed by atoms with Crippen LogP contribution in [0.2, 0.25) is 5.02 Å². The van der Waals surface area contributed by atoms with Gasteiger partial charge >= 0.3 is 0 Å². The number of carbonyl (C=O) groups is 2. The highest BCUT2D eigenvalue weighted by atomic mass is 35.5. The maximum absolute atomic E-state index is 13.5. The summed E-state index contributed by atoms with van der Waals surface area (Å²) < 4.78 is 30.1. The van der Waals surface area contributed by atoms with Gasteiger partial charge in [-0.05, 0) is 55.0 Å². The zero-order valence-electron chi connectivity index (χ0n) is 22.9. The number of hydrogen-bond acceptors (Lipinski definition) is 8. The third-order valence-corrected chi connectivity index (χ3v) is 6.25. The standard InChI is InChI=1S/C30H29ClFN5O5/c1-4-28(38)35-18(2)30(39)37-25-14-22-24(15-27(25)41-11-10-40-3)33-17-34-29(22)36-21-8-9-26(23(31)13-21)42-16-19-6-5-7-20(32)12-19/h4-9,12-15,17-18H,1,10-11,16H2,2-3H3,(H,35,38)(H,37,39)(H,33,34,36). The summed E-state index contributed by atoms with van der Waals surface area (Å²) in [5.74, 6) is -0.0485. The lowest BCUT2D eigenvalue weighted by molar-refractivity contribution is -0.123. The molecule has 1 aromatic heterocycles. The Hall–Kier alpha value is -4.74. The van der Waals surface area contributed by atoms with Crippen molar-refractivity contribution in [3.05, 3.63) is 90.0 Å². The van der Waals surface area contributed by atoms with Gasteiger partial charge in [0.2, 0.25) is 11.8 Å². The molecule has 218 valence electrons. The Bertz CT molecular complexity index is 1600. The highest BCUT2D eigenvalue weighted by Gasteiger charge is 2.19. The first-order valence-electron chi connectivity index (χ1n) is 12.9. The van der Waals surface area contributed by atoms with Crippen LogP contribution in [0.15, 0.2) is 73.6 Å². The van der Waals surface area contributed by atoms with Crippen LogP contribution < -0.4 is 25.4 Å². The van der Waals surface area contributed by atoms with Crippen molar-refractivity contribution in [3.8, 4) is 11.5 Å². The van der Waals surface area contributed by atoms with Crippen LogP contribution in [0.1, 0.15) is 12.5 Å². The van der Waals surface area contributed by atoms with E-state index in [1.807, 2.05) is 0 Å². The third-order valence-electron chi connectivity index (χ3n) is 5.95. The fourth-order valence-electron chi connectivity index (χ4n) is 3.83. The fourth-order valence-corrected chi connectivity index (χ4v) is 4.07. The summed E-state index contributed by atoms with van der Waals surface area (Å²) in [6.45, 7) is 5.67. The van der Waals surface area contributed by atoms with Crippen LogP contribution in [-0.2, 0) is 20.9 Å². The molecule has 0 aliphatic rings. The van der Waals surface area contributed by atoms with Gasteiger partial charge < -0.3 is 30.2 Å². The lowest BCUT2D eigenvalue weighted by atomic mass is 10.1. The number of hydrogen-bond donors (Lipinski definition) is 3. The predicted octanol–water partition coefficient (Wildman–Crippen LogP) is 5.40. The Kier molecular flexibility index (Phi) is 10.2. The molecule has 3 aromatic carbocycles. The second-order valence-electron chi connectivity index (χ2n) is 9.04. The van der Waals surface area contributed by atoms with Crippen molar-refractivity contribution in [3.63, 3.8) is 0 Å². The van der Waals surface area contributed by atoms with Crippen molar-refractivity contribution < 1.29 is 28.2 Å². The van der Waals surface area contributed by atoms with Crippen LogP contribution in [0, 0.1) is 5.82 Å². The summed E-state index contributed by atoms with van der Waals surface area (Å²) >= 11 is 6.47. The second-order valence-corrected chi connectivity index (χ2v) is 9.45. The molecule has 12 heteroatoms. The summed E-state index contributed by atoms with van der Waals surface area (Å²) in [6, 6.07) is 13.8. The van der Waals surface area contributed by atoms with Crippen molar-refractivity contribution in [1.29, 1.82) is 0 Å². The van der Waals surface area contributed by atoms with Gasteiger partial charge in [0, 0.05) is 24.2 Å². The van der Waals surface area contributed by atoms with Crippen LogP contribution in [0.3, 0.4) is 0 Å². The number of halogens is 2. The lowest BCUT2D eigenvalue weighted by Gasteiger charge is -2.17. The highest BCUT2D eigenvalue weighted by Crippen LogP contribution is 2.35. The molecule has 1 heterocycles. The minimum atomic E-state index is -0.841. The van der Waals surface area contributed by atoms with Gasteiger partial charge in [0.1, 0.15) is 48.7 Å². The number of ether oxygens (including phenoxy) is 3. The quantitative estimate of drug-likeness (QED) is 0.139. The van der Waals surface area contributed by atoms with Crippen molar-refractivity contribution >= 4 is 51.5 Å². The van der Waals surface area contributed by atoms with Gasteiger partial charge in [-0.25, -0.2) is 14.4 Å². The molecule has 3 N–H and O–H groups in total. The summed E-state index contributed by atoms with van der Waals surface area (Å²) in [5, 5.41) is 9.47. The molecular formula is C30H29ClFN5O5. The van der Waals surface area contributed by atoms with Crippen molar-refractivity contribution in [2.45, 2.75) is 19.6 Å². The zero-order chi connectivity index (χ0) is 30.1. The maximum atomic E-state index is 13.5. The first-order chi connectivity index (χ1) is 20.3. The lowest BCUT2D eigenvalue weighted by Crippen LogP contribution is -2.40. The molecule has 0 saturated carbocycles. The Morgan fingerprint density at radius 3 is 2.64 bits per heavy atom. The largest absolute Gasteiger partial charge is 0.489 e. The fraction of sp³-hybridized carbons (Fsp3) is 0.200. The van der Waals surface area contributed by atoms with Gasteiger partial charge in [0.15, 0.2) is 0 Å². The van der Waals surface area contributed by atoms with Gasteiger partial charge in [0.25, 0.3) is 0 Å². The summed E-state index contributed by atoms with van der Waals surface area (Å²) in [6.07, 6.45) is 2.48.